The van der Waals surface area contributed by atoms with E-state index in [1.165, 1.54) is 18.1 Å². The Labute approximate surface area is 204 Å². The lowest BCUT2D eigenvalue weighted by Crippen LogP contribution is -2.39. The first-order valence-electron chi connectivity index (χ1n) is 10.9. The van der Waals surface area contributed by atoms with Crippen molar-refractivity contribution in [1.82, 2.24) is 20.6 Å². The van der Waals surface area contributed by atoms with Crippen LogP contribution in [-0.2, 0) is 37.0 Å². The molecule has 35 heavy (non-hydrogen) atoms. The Morgan fingerprint density at radius 3 is 1.89 bits per heavy atom. The van der Waals surface area contributed by atoms with Crippen LogP contribution in [0.4, 0.5) is 16.4 Å². The van der Waals surface area contributed by atoms with Crippen molar-refractivity contribution in [3.8, 4) is 0 Å². The van der Waals surface area contributed by atoms with Gasteiger partial charge in [-0.1, -0.05) is 12.1 Å². The average molecular weight is 489 g/mol. The molecule has 1 atom stereocenters. The first-order chi connectivity index (χ1) is 16.8. The molecule has 190 valence electrons. The number of rotatable bonds is 12. The van der Waals surface area contributed by atoms with Crippen molar-refractivity contribution in [3.05, 3.63) is 47.8 Å². The van der Waals surface area contributed by atoms with Crippen molar-refractivity contribution < 1.29 is 28.6 Å². The normalized spacial score (nSPS) is 11.3. The summed E-state index contributed by atoms with van der Waals surface area (Å²) in [6.07, 6.45) is 1.75. The van der Waals surface area contributed by atoms with Crippen LogP contribution in [0.2, 0.25) is 0 Å². The van der Waals surface area contributed by atoms with Gasteiger partial charge in [-0.05, 0) is 33.2 Å². The third-order valence-corrected chi connectivity index (χ3v) is 4.90. The summed E-state index contributed by atoms with van der Waals surface area (Å²) in [6.45, 7) is 1.84. The summed E-state index contributed by atoms with van der Waals surface area (Å²) < 4.78 is 16.1. The summed E-state index contributed by atoms with van der Waals surface area (Å²) in [5.41, 5.74) is 1.21. The van der Waals surface area contributed by atoms with Crippen LogP contribution < -0.4 is 20.4 Å². The molecule has 0 radical (unpaired) electrons. The molecule has 0 aromatic carbocycles. The number of ether oxygens (including phenoxy) is 3. The van der Waals surface area contributed by atoms with E-state index in [2.05, 4.69) is 20.6 Å². The predicted molar refractivity (Wildman–Crippen MR) is 129 cm³/mol. The quantitative estimate of drug-likeness (QED) is 0.252. The van der Waals surface area contributed by atoms with Gasteiger partial charge in [0.2, 0.25) is 0 Å². The van der Waals surface area contributed by atoms with Crippen molar-refractivity contribution in [2.75, 3.05) is 51.1 Å². The number of carbonyl (C=O) groups excluding carboxylic acids is 3. The molecule has 2 aromatic rings. The number of nitrogens with zero attached hydrogens (tertiary/aromatic N) is 4. The summed E-state index contributed by atoms with van der Waals surface area (Å²) in [5.74, 6) is -0.0123. The molecule has 0 bridgehead atoms. The Bertz CT molecular complexity index is 1000. The molecule has 2 N–H and O–H groups in total. The maximum atomic E-state index is 12.9. The highest BCUT2D eigenvalue weighted by atomic mass is 16.6. The molecule has 0 aliphatic heterocycles. The summed E-state index contributed by atoms with van der Waals surface area (Å²) in [6, 6.07) is 6.91. The van der Waals surface area contributed by atoms with E-state index in [0.717, 1.165) is 0 Å². The number of anilines is 2. The van der Waals surface area contributed by atoms with Gasteiger partial charge in [-0.2, -0.15) is 0 Å². The van der Waals surface area contributed by atoms with E-state index in [1.807, 2.05) is 0 Å². The zero-order valence-corrected chi connectivity index (χ0v) is 20.6. The number of hydrogen-bond acceptors (Lipinski definition) is 11. The number of likely N-dealkylation sites (N-methyl/N-ethyl adjacent to an activating group) is 2. The summed E-state index contributed by atoms with van der Waals surface area (Å²) in [7, 11) is 6.53. The van der Waals surface area contributed by atoms with Gasteiger partial charge in [0, 0.05) is 37.6 Å². The molecule has 0 spiro atoms. The molecule has 0 aliphatic rings. The highest BCUT2D eigenvalue weighted by Crippen LogP contribution is 2.22. The van der Waals surface area contributed by atoms with Gasteiger partial charge in [0.25, 0.3) is 0 Å². The van der Waals surface area contributed by atoms with Gasteiger partial charge in [-0.25, -0.2) is 14.8 Å². The zero-order valence-electron chi connectivity index (χ0n) is 20.6. The molecule has 0 saturated heterocycles. The van der Waals surface area contributed by atoms with E-state index in [9.17, 15) is 14.4 Å². The second-order valence-corrected chi connectivity index (χ2v) is 7.51. The number of aromatic nitrogens is 2. The van der Waals surface area contributed by atoms with Crippen LogP contribution in [0.5, 0.6) is 0 Å². The van der Waals surface area contributed by atoms with Gasteiger partial charge >= 0.3 is 18.0 Å². The molecule has 1 unspecified atom stereocenters. The third-order valence-electron chi connectivity index (χ3n) is 4.90. The van der Waals surface area contributed by atoms with Crippen LogP contribution in [0, 0.1) is 0 Å². The summed E-state index contributed by atoms with van der Waals surface area (Å²) >= 11 is 0. The Hall–Kier alpha value is -3.77. The summed E-state index contributed by atoms with van der Waals surface area (Å²) in [5, 5.41) is 5.45. The van der Waals surface area contributed by atoms with Crippen molar-refractivity contribution in [2.45, 2.75) is 26.4 Å². The van der Waals surface area contributed by atoms with Gasteiger partial charge in [0.15, 0.2) is 6.23 Å². The van der Waals surface area contributed by atoms with Gasteiger partial charge in [-0.15, -0.1) is 0 Å². The molecule has 2 heterocycles. The second kappa shape index (κ2) is 13.8. The lowest BCUT2D eigenvalue weighted by Gasteiger charge is -2.29. The van der Waals surface area contributed by atoms with E-state index >= 15 is 0 Å². The monoisotopic (exact) mass is 488 g/mol. The van der Waals surface area contributed by atoms with Crippen LogP contribution in [0.15, 0.2) is 36.7 Å². The topological polar surface area (TPSA) is 135 Å². The van der Waals surface area contributed by atoms with Gasteiger partial charge < -0.3 is 29.7 Å². The van der Waals surface area contributed by atoms with Crippen LogP contribution in [-0.4, -0.2) is 75.5 Å². The van der Waals surface area contributed by atoms with E-state index in [4.69, 9.17) is 14.2 Å². The Kier molecular flexibility index (Phi) is 10.8. The van der Waals surface area contributed by atoms with Gasteiger partial charge in [0.1, 0.15) is 24.8 Å². The molecular weight excluding hydrogens is 456 g/mol. The van der Waals surface area contributed by atoms with E-state index in [-0.39, 0.29) is 26.3 Å². The smallest absolute Gasteiger partial charge is 0.417 e. The highest BCUT2D eigenvalue weighted by molar-refractivity contribution is 5.87. The summed E-state index contributed by atoms with van der Waals surface area (Å²) in [4.78, 5) is 47.7. The number of nitrogens with one attached hydrogen (secondary N) is 2. The first kappa shape index (κ1) is 27.5. The predicted octanol–water partition coefficient (Wildman–Crippen LogP) is 1.06. The van der Waals surface area contributed by atoms with Crippen molar-refractivity contribution >= 4 is 29.7 Å². The fourth-order valence-corrected chi connectivity index (χ4v) is 2.98. The SMILES string of the molecule is CNCC(=O)OCc1cccnc1N(C)C(=O)OC(C)N(C)c1ncccc1COC(=O)CNC. The van der Waals surface area contributed by atoms with E-state index < -0.39 is 24.3 Å². The molecule has 1 amide bonds. The standard InChI is InChI=1S/C23H32N6O6/c1-16(28(4)21-17(8-6-10-26-21)14-33-19(30)12-24-2)35-23(32)29(5)22-18(9-7-11-27-22)15-34-20(31)13-25-3/h6-11,16,24-25H,12-15H2,1-5H3. The third kappa shape index (κ3) is 8.19. The molecule has 0 saturated carbocycles. The van der Waals surface area contributed by atoms with Gasteiger partial charge in [-0.3, -0.25) is 14.5 Å². The van der Waals surface area contributed by atoms with Crippen molar-refractivity contribution in [1.29, 1.82) is 0 Å². The average Bonchev–Trinajstić information content (AvgIpc) is 2.86. The lowest BCUT2D eigenvalue weighted by molar-refractivity contribution is -0.144. The minimum absolute atomic E-state index is 0.0260. The molecule has 12 heteroatoms. The van der Waals surface area contributed by atoms with Crippen LogP contribution >= 0.6 is 0 Å². The Morgan fingerprint density at radius 2 is 1.37 bits per heavy atom. The molecular formula is C23H32N6O6. The maximum Gasteiger partial charge on any atom is 0.417 e. The highest BCUT2D eigenvalue weighted by Gasteiger charge is 2.23. The minimum atomic E-state index is -0.716. The Balaban J connectivity index is 2.06. The fourth-order valence-electron chi connectivity index (χ4n) is 2.98. The van der Waals surface area contributed by atoms with Crippen LogP contribution in [0.3, 0.4) is 0 Å². The van der Waals surface area contributed by atoms with Crippen molar-refractivity contribution in [2.24, 2.45) is 0 Å². The Morgan fingerprint density at radius 1 is 0.886 bits per heavy atom. The number of amides is 1. The van der Waals surface area contributed by atoms with Crippen LogP contribution in [0.25, 0.3) is 0 Å². The maximum absolute atomic E-state index is 12.9. The first-order valence-corrected chi connectivity index (χ1v) is 10.9. The van der Waals surface area contributed by atoms with E-state index in [1.54, 1.807) is 63.4 Å². The molecule has 0 aliphatic carbocycles. The molecule has 12 nitrogen and oxygen atoms in total. The number of pyridine rings is 2. The fraction of sp³-hybridized carbons (Fsp3) is 0.435. The van der Waals surface area contributed by atoms with Crippen molar-refractivity contribution in [3.63, 3.8) is 0 Å². The minimum Gasteiger partial charge on any atom is -0.460 e. The van der Waals surface area contributed by atoms with E-state index in [0.29, 0.717) is 22.8 Å². The molecule has 0 fully saturated rings. The van der Waals surface area contributed by atoms with Gasteiger partial charge in [0.05, 0.1) is 13.1 Å². The largest absolute Gasteiger partial charge is 0.460 e. The molecule has 2 rings (SSSR count). The lowest BCUT2D eigenvalue weighted by atomic mass is 10.2. The number of hydrogen-bond donors (Lipinski definition) is 2. The van der Waals surface area contributed by atoms with Crippen LogP contribution in [0.1, 0.15) is 18.1 Å². The molecule has 2 aromatic heterocycles. The number of esters is 2. The zero-order chi connectivity index (χ0) is 25.8. The number of carbonyl (C=O) groups is 3. The second-order valence-electron chi connectivity index (χ2n) is 7.51.